The van der Waals surface area contributed by atoms with Gasteiger partial charge in [-0.25, -0.2) is 4.79 Å². The molecular formula is C15H20N2O3. The fourth-order valence-electron chi connectivity index (χ4n) is 2.38. The van der Waals surface area contributed by atoms with Gasteiger partial charge in [-0.15, -0.1) is 0 Å². The number of carbonyl (C=O) groups excluding carboxylic acids is 2. The molecule has 1 aliphatic heterocycles. The lowest BCUT2D eigenvalue weighted by molar-refractivity contribution is -0.118. The van der Waals surface area contributed by atoms with Crippen molar-refractivity contribution < 1.29 is 15.7 Å². The van der Waals surface area contributed by atoms with Crippen LogP contribution < -0.4 is 5.31 Å². The number of hydrogen-bond donors (Lipinski definition) is 1. The third-order valence-electron chi connectivity index (χ3n) is 3.36. The van der Waals surface area contributed by atoms with Gasteiger partial charge in [0.1, 0.15) is 7.20 Å². The van der Waals surface area contributed by atoms with E-state index in [1.807, 2.05) is 12.1 Å². The first-order valence-corrected chi connectivity index (χ1v) is 6.67. The second-order valence-corrected chi connectivity index (χ2v) is 4.97. The highest BCUT2D eigenvalue weighted by Gasteiger charge is 2.21. The van der Waals surface area contributed by atoms with Gasteiger partial charge in [-0.05, 0) is 24.6 Å². The summed E-state index contributed by atoms with van der Waals surface area (Å²) in [5, 5.41) is 1.53. The number of carbonyl (C=O) groups is 2. The third kappa shape index (κ3) is 3.65. The van der Waals surface area contributed by atoms with Crippen LogP contribution in [0.3, 0.4) is 0 Å². The summed E-state index contributed by atoms with van der Waals surface area (Å²) >= 11 is 0. The van der Waals surface area contributed by atoms with E-state index in [2.05, 4.69) is 9.64 Å². The maximum Gasteiger partial charge on any atom is 0.337 e. The number of hydrogen-bond acceptors (Lipinski definition) is 5. The normalized spacial score (nSPS) is 21.3. The molecule has 0 spiro atoms. The van der Waals surface area contributed by atoms with Crippen LogP contribution in [-0.2, 0) is 9.53 Å². The minimum atomic E-state index is -0.369. The highest BCUT2D eigenvalue weighted by atomic mass is 16.5. The highest BCUT2D eigenvalue weighted by molar-refractivity contribution is 5.89. The Kier molecular flexibility index (Phi) is 4.40. The molecule has 0 saturated carbocycles. The fourth-order valence-corrected chi connectivity index (χ4v) is 2.38. The Labute approximate surface area is 120 Å². The zero-order chi connectivity index (χ0) is 15.4. The van der Waals surface area contributed by atoms with E-state index in [0.29, 0.717) is 25.2 Å². The number of rotatable bonds is 4. The molecule has 1 aromatic rings. The molecular weight excluding hydrogens is 256 g/mol. The van der Waals surface area contributed by atoms with Gasteiger partial charge in [-0.2, -0.15) is 0 Å². The van der Waals surface area contributed by atoms with E-state index in [0.717, 1.165) is 12.1 Å². The molecule has 0 bridgehead atoms. The Hall–Kier alpha value is -1.72. The maximum atomic E-state index is 11.4. The van der Waals surface area contributed by atoms with Crippen molar-refractivity contribution in [1.82, 2.24) is 10.2 Å². The largest absolute Gasteiger partial charge is 0.465 e. The van der Waals surface area contributed by atoms with Crippen molar-refractivity contribution in [2.24, 2.45) is 0 Å². The molecule has 0 aliphatic carbocycles. The van der Waals surface area contributed by atoms with Crippen molar-refractivity contribution in [1.29, 1.82) is 0 Å². The summed E-state index contributed by atoms with van der Waals surface area (Å²) in [5.41, 5.74) is 1.46. The maximum absolute atomic E-state index is 11.4. The molecule has 1 aliphatic rings. The summed E-state index contributed by atoms with van der Waals surface area (Å²) in [7, 11) is 1.35. The number of esters is 1. The second kappa shape index (κ2) is 6.63. The van der Waals surface area contributed by atoms with Gasteiger partial charge in [0.2, 0.25) is 0 Å². The molecule has 0 radical (unpaired) electrons. The Bertz CT molecular complexity index is 518. The number of benzene rings is 1. The van der Waals surface area contributed by atoms with Gasteiger partial charge in [0.15, 0.2) is 0 Å². The Morgan fingerprint density at radius 3 is 2.75 bits per heavy atom. The standard InChI is InChI=1S/C15H20N2O3/c1-11(18)9-17-8-7-16-14(10-17)12-3-5-13(6-4-12)15(19)20-2/h3-6,14,16H,7-10H2,1-2H3/i/hD. The van der Waals surface area contributed by atoms with Crippen LogP contribution in [0.4, 0.5) is 0 Å². The van der Waals surface area contributed by atoms with Crippen LogP contribution in [0, 0.1) is 0 Å². The molecule has 20 heavy (non-hydrogen) atoms. The molecule has 1 saturated heterocycles. The molecule has 2 rings (SSSR count). The number of ketones is 1. The lowest BCUT2D eigenvalue weighted by Crippen LogP contribution is -2.47. The van der Waals surface area contributed by atoms with Crippen LogP contribution in [0.25, 0.3) is 0 Å². The number of nitrogens with one attached hydrogen (secondary N) is 1. The first-order valence-electron chi connectivity index (χ1n) is 7.11. The molecule has 5 heteroatoms. The molecule has 0 aromatic heterocycles. The van der Waals surface area contributed by atoms with Crippen molar-refractivity contribution in [2.45, 2.75) is 13.0 Å². The van der Waals surface area contributed by atoms with Crippen molar-refractivity contribution in [3.63, 3.8) is 0 Å². The van der Waals surface area contributed by atoms with Crippen LogP contribution in [-0.4, -0.2) is 49.9 Å². The van der Waals surface area contributed by atoms with Crippen molar-refractivity contribution in [2.75, 3.05) is 33.3 Å². The fraction of sp³-hybridized carbons (Fsp3) is 0.467. The van der Waals surface area contributed by atoms with E-state index in [1.165, 1.54) is 12.4 Å². The SMILES string of the molecule is [2H]N1CCN(CC(C)=O)CC1c1ccc(C(=O)OC)cc1. The summed E-state index contributed by atoms with van der Waals surface area (Å²) in [6, 6.07) is 7.01. The van der Waals surface area contributed by atoms with Gasteiger partial charge >= 0.3 is 5.97 Å². The summed E-state index contributed by atoms with van der Waals surface area (Å²) in [5.74, 6) is -0.237. The average molecular weight is 277 g/mol. The third-order valence-corrected chi connectivity index (χ3v) is 3.36. The van der Waals surface area contributed by atoms with Gasteiger partial charge in [0.25, 0.3) is 0 Å². The number of methoxy groups -OCH3 is 1. The summed E-state index contributed by atoms with van der Waals surface area (Å²) in [6.45, 7) is 3.95. The van der Waals surface area contributed by atoms with E-state index in [4.69, 9.17) is 1.41 Å². The number of nitrogens with zero attached hydrogens (tertiary/aromatic N) is 1. The van der Waals surface area contributed by atoms with Crippen molar-refractivity contribution in [3.8, 4) is 0 Å². The van der Waals surface area contributed by atoms with Gasteiger partial charge in [0.05, 0.1) is 19.2 Å². The highest BCUT2D eigenvalue weighted by Crippen LogP contribution is 2.18. The minimum Gasteiger partial charge on any atom is -0.465 e. The van der Waals surface area contributed by atoms with E-state index >= 15 is 0 Å². The van der Waals surface area contributed by atoms with Crippen LogP contribution >= 0.6 is 0 Å². The number of piperazine rings is 1. The zero-order valence-corrected chi connectivity index (χ0v) is 11.8. The Morgan fingerprint density at radius 1 is 1.45 bits per heavy atom. The molecule has 5 nitrogen and oxygen atoms in total. The van der Waals surface area contributed by atoms with Gasteiger partial charge in [-0.1, -0.05) is 12.1 Å². The minimum absolute atomic E-state index is 0.0928. The van der Waals surface area contributed by atoms with E-state index < -0.39 is 0 Å². The molecule has 0 amide bonds. The lowest BCUT2D eigenvalue weighted by atomic mass is 10.0. The van der Waals surface area contributed by atoms with Crippen LogP contribution in [0.2, 0.25) is 1.41 Å². The summed E-state index contributed by atoms with van der Waals surface area (Å²) in [6.07, 6.45) is 0. The van der Waals surface area contributed by atoms with Crippen LogP contribution in [0.15, 0.2) is 24.3 Å². The zero-order valence-electron chi connectivity index (χ0n) is 12.8. The molecule has 1 unspecified atom stereocenters. The molecule has 1 N–H and O–H groups in total. The average Bonchev–Trinajstić information content (AvgIpc) is 2.48. The molecule has 1 atom stereocenters. The Morgan fingerprint density at radius 2 is 2.15 bits per heavy atom. The summed E-state index contributed by atoms with van der Waals surface area (Å²) in [4.78, 5) is 24.7. The second-order valence-electron chi connectivity index (χ2n) is 4.97. The summed E-state index contributed by atoms with van der Waals surface area (Å²) < 4.78 is 12.7. The van der Waals surface area contributed by atoms with Gasteiger partial charge < -0.3 is 10.0 Å². The molecule has 1 heterocycles. The lowest BCUT2D eigenvalue weighted by Gasteiger charge is -2.33. The molecule has 1 aromatic carbocycles. The van der Waals surface area contributed by atoms with Crippen molar-refractivity contribution in [3.05, 3.63) is 35.4 Å². The van der Waals surface area contributed by atoms with Gasteiger partial charge in [0, 0.05) is 25.7 Å². The van der Waals surface area contributed by atoms with Crippen molar-refractivity contribution >= 4 is 11.8 Å². The predicted octanol–water partition coefficient (Wildman–Crippen LogP) is 1.01. The topological polar surface area (TPSA) is 58.6 Å². The first-order chi connectivity index (χ1) is 10.0. The monoisotopic (exact) mass is 277 g/mol. The quantitative estimate of drug-likeness (QED) is 0.832. The Balaban J connectivity index is 2.11. The van der Waals surface area contributed by atoms with Crippen LogP contribution in [0.1, 0.15) is 28.9 Å². The van der Waals surface area contributed by atoms with E-state index in [9.17, 15) is 9.59 Å². The first kappa shape index (κ1) is 13.3. The van der Waals surface area contributed by atoms with E-state index in [1.54, 1.807) is 19.1 Å². The smallest absolute Gasteiger partial charge is 0.337 e. The predicted molar refractivity (Wildman–Crippen MR) is 75.6 cm³/mol. The molecule has 108 valence electrons. The van der Waals surface area contributed by atoms with Gasteiger partial charge in [-0.3, -0.25) is 9.69 Å². The van der Waals surface area contributed by atoms with Crippen LogP contribution in [0.5, 0.6) is 0 Å². The molecule has 1 fully saturated rings. The number of ether oxygens (including phenoxy) is 1. The van der Waals surface area contributed by atoms with E-state index in [-0.39, 0.29) is 17.8 Å². The number of Topliss-reactive ketones (excluding diaryl/α,β-unsaturated/α-hetero) is 1.